The molecular weight excluding hydrogens is 394 g/mol. The molecule has 3 heterocycles. The van der Waals surface area contributed by atoms with Crippen molar-refractivity contribution in [1.82, 2.24) is 14.7 Å². The van der Waals surface area contributed by atoms with Gasteiger partial charge < -0.3 is 14.4 Å². The number of carbonyl (C=O) groups excluding carboxylic acids is 2. The molecule has 168 valence electrons. The highest BCUT2D eigenvalue weighted by Gasteiger charge is 2.42. The summed E-state index contributed by atoms with van der Waals surface area (Å²) < 4.78 is 10.7. The van der Waals surface area contributed by atoms with Gasteiger partial charge in [0.05, 0.1) is 25.9 Å². The number of piperidine rings is 1. The van der Waals surface area contributed by atoms with Gasteiger partial charge in [-0.05, 0) is 42.9 Å². The molecule has 1 unspecified atom stereocenters. The Bertz CT molecular complexity index is 830. The molecule has 2 amide bonds. The molecule has 0 bridgehead atoms. The lowest BCUT2D eigenvalue weighted by molar-refractivity contribution is -0.137. The summed E-state index contributed by atoms with van der Waals surface area (Å²) in [5.41, 5.74) is 1.89. The third-order valence-electron chi connectivity index (χ3n) is 6.46. The van der Waals surface area contributed by atoms with Gasteiger partial charge in [-0.1, -0.05) is 19.1 Å². The Morgan fingerprint density at radius 2 is 1.77 bits per heavy atom. The summed E-state index contributed by atoms with van der Waals surface area (Å²) in [5, 5.41) is 0. The van der Waals surface area contributed by atoms with Gasteiger partial charge in [-0.3, -0.25) is 19.4 Å². The fraction of sp³-hybridized carbons (Fsp3) is 0.583. The Labute approximate surface area is 184 Å². The minimum Gasteiger partial charge on any atom is -0.497 e. The molecule has 7 nitrogen and oxygen atoms in total. The first-order valence-corrected chi connectivity index (χ1v) is 11.4. The van der Waals surface area contributed by atoms with Crippen LogP contribution in [-0.4, -0.2) is 86.1 Å². The van der Waals surface area contributed by atoms with Crippen molar-refractivity contribution in [2.45, 2.75) is 26.2 Å². The maximum atomic E-state index is 13.5. The van der Waals surface area contributed by atoms with Crippen molar-refractivity contribution >= 4 is 17.4 Å². The minimum atomic E-state index is -0.176. The summed E-state index contributed by atoms with van der Waals surface area (Å²) in [6, 6.07) is 7.45. The Morgan fingerprint density at radius 3 is 2.45 bits per heavy atom. The highest BCUT2D eigenvalue weighted by Crippen LogP contribution is 2.34. The highest BCUT2D eigenvalue weighted by molar-refractivity contribution is 6.35. The van der Waals surface area contributed by atoms with Gasteiger partial charge in [-0.25, -0.2) is 0 Å². The zero-order chi connectivity index (χ0) is 21.8. The van der Waals surface area contributed by atoms with Crippen LogP contribution in [0.15, 0.2) is 30.0 Å². The van der Waals surface area contributed by atoms with Crippen molar-refractivity contribution in [3.05, 3.63) is 35.5 Å². The second-order valence-corrected chi connectivity index (χ2v) is 8.72. The molecule has 0 aliphatic carbocycles. The molecule has 0 aromatic heterocycles. The molecule has 3 aliphatic heterocycles. The van der Waals surface area contributed by atoms with Crippen LogP contribution in [0.25, 0.3) is 5.57 Å². The lowest BCUT2D eigenvalue weighted by Gasteiger charge is -2.33. The Hall–Kier alpha value is -2.38. The third-order valence-corrected chi connectivity index (χ3v) is 6.46. The van der Waals surface area contributed by atoms with E-state index in [1.54, 1.807) is 7.11 Å². The first-order chi connectivity index (χ1) is 15.1. The van der Waals surface area contributed by atoms with E-state index < -0.39 is 0 Å². The van der Waals surface area contributed by atoms with Gasteiger partial charge in [0.2, 0.25) is 0 Å². The molecular formula is C24H33N3O4. The number of nitrogens with zero attached hydrogens (tertiary/aromatic N) is 3. The molecule has 4 rings (SSSR count). The average molecular weight is 428 g/mol. The summed E-state index contributed by atoms with van der Waals surface area (Å²) in [4.78, 5) is 32.8. The van der Waals surface area contributed by atoms with E-state index in [-0.39, 0.29) is 11.8 Å². The molecule has 2 saturated heterocycles. The van der Waals surface area contributed by atoms with Gasteiger partial charge in [0.1, 0.15) is 11.4 Å². The van der Waals surface area contributed by atoms with Crippen molar-refractivity contribution in [2.75, 3.05) is 59.6 Å². The maximum Gasteiger partial charge on any atom is 0.277 e. The summed E-state index contributed by atoms with van der Waals surface area (Å²) in [5.74, 6) is 0.922. The number of carbonyl (C=O) groups is 2. The summed E-state index contributed by atoms with van der Waals surface area (Å²) in [7, 11) is 1.62. The van der Waals surface area contributed by atoms with Crippen molar-refractivity contribution < 1.29 is 19.1 Å². The molecule has 0 saturated carbocycles. The van der Waals surface area contributed by atoms with Crippen LogP contribution in [0.2, 0.25) is 0 Å². The van der Waals surface area contributed by atoms with Gasteiger partial charge in [0.15, 0.2) is 0 Å². The Balaban J connectivity index is 1.55. The Kier molecular flexibility index (Phi) is 6.92. The van der Waals surface area contributed by atoms with E-state index in [0.29, 0.717) is 23.7 Å². The number of hydrogen-bond donors (Lipinski definition) is 0. The highest BCUT2D eigenvalue weighted by atomic mass is 16.5. The first kappa shape index (κ1) is 21.8. The average Bonchev–Trinajstić information content (AvgIpc) is 3.04. The summed E-state index contributed by atoms with van der Waals surface area (Å²) in [6.45, 7) is 8.49. The lowest BCUT2D eigenvalue weighted by Crippen LogP contribution is -2.41. The number of imide groups is 1. The quantitative estimate of drug-likeness (QED) is 0.622. The number of amides is 2. The molecule has 0 radical (unpaired) electrons. The lowest BCUT2D eigenvalue weighted by atomic mass is 9.98. The smallest absolute Gasteiger partial charge is 0.277 e. The fourth-order valence-corrected chi connectivity index (χ4v) is 4.75. The number of hydrogen-bond acceptors (Lipinski definition) is 6. The van der Waals surface area contributed by atoms with E-state index in [1.165, 1.54) is 4.90 Å². The number of likely N-dealkylation sites (tertiary alicyclic amines) is 1. The van der Waals surface area contributed by atoms with Crippen LogP contribution in [0, 0.1) is 5.92 Å². The summed E-state index contributed by atoms with van der Waals surface area (Å²) in [6.07, 6.45) is 2.98. The number of methoxy groups -OCH3 is 1. The largest absolute Gasteiger partial charge is 0.497 e. The van der Waals surface area contributed by atoms with Crippen LogP contribution < -0.4 is 4.74 Å². The van der Waals surface area contributed by atoms with E-state index in [4.69, 9.17) is 9.47 Å². The topological polar surface area (TPSA) is 62.3 Å². The van der Waals surface area contributed by atoms with Crippen molar-refractivity contribution in [2.24, 2.45) is 5.92 Å². The van der Waals surface area contributed by atoms with Gasteiger partial charge in [-0.15, -0.1) is 0 Å². The number of rotatable bonds is 7. The van der Waals surface area contributed by atoms with E-state index in [0.717, 1.165) is 76.5 Å². The van der Waals surface area contributed by atoms with Crippen LogP contribution >= 0.6 is 0 Å². The molecule has 1 aromatic carbocycles. The van der Waals surface area contributed by atoms with Crippen LogP contribution in [0.1, 0.15) is 31.7 Å². The van der Waals surface area contributed by atoms with Gasteiger partial charge in [0, 0.05) is 39.3 Å². The normalized spacial score (nSPS) is 23.1. The van der Waals surface area contributed by atoms with E-state index in [1.807, 2.05) is 24.3 Å². The second kappa shape index (κ2) is 9.83. The zero-order valence-electron chi connectivity index (χ0n) is 18.6. The van der Waals surface area contributed by atoms with Crippen molar-refractivity contribution in [3.8, 4) is 5.75 Å². The van der Waals surface area contributed by atoms with Crippen LogP contribution in [0.5, 0.6) is 5.75 Å². The zero-order valence-corrected chi connectivity index (χ0v) is 18.6. The van der Waals surface area contributed by atoms with E-state index in [9.17, 15) is 9.59 Å². The molecule has 1 aromatic rings. The monoisotopic (exact) mass is 427 g/mol. The second-order valence-electron chi connectivity index (χ2n) is 8.72. The first-order valence-electron chi connectivity index (χ1n) is 11.4. The minimum absolute atomic E-state index is 0.146. The van der Waals surface area contributed by atoms with Gasteiger partial charge in [-0.2, -0.15) is 0 Å². The molecule has 3 aliphatic rings. The number of morpholine rings is 1. The molecule has 31 heavy (non-hydrogen) atoms. The SMILES string of the molecule is COc1ccc(C2=C(N3CCCC(C)C3)C(=O)N(CCCN3CCOCC3)C2=O)cc1. The predicted molar refractivity (Wildman–Crippen MR) is 118 cm³/mol. The standard InChI is InChI=1S/C24H33N3O4/c1-18-5-3-11-26(17-18)22-21(19-6-8-20(30-2)9-7-19)23(28)27(24(22)29)12-4-10-25-13-15-31-16-14-25/h6-9,18H,3-5,10-17H2,1-2H3. The van der Waals surface area contributed by atoms with Crippen molar-refractivity contribution in [3.63, 3.8) is 0 Å². The van der Waals surface area contributed by atoms with Gasteiger partial charge >= 0.3 is 0 Å². The molecule has 0 N–H and O–H groups in total. The number of ether oxygens (including phenoxy) is 2. The summed E-state index contributed by atoms with van der Waals surface area (Å²) >= 11 is 0. The van der Waals surface area contributed by atoms with Crippen molar-refractivity contribution in [1.29, 1.82) is 0 Å². The van der Waals surface area contributed by atoms with E-state index in [2.05, 4.69) is 16.7 Å². The molecule has 7 heteroatoms. The van der Waals surface area contributed by atoms with E-state index >= 15 is 0 Å². The Morgan fingerprint density at radius 1 is 1.03 bits per heavy atom. The van der Waals surface area contributed by atoms with Crippen LogP contribution in [-0.2, 0) is 14.3 Å². The predicted octanol–water partition coefficient (Wildman–Crippen LogP) is 2.23. The maximum absolute atomic E-state index is 13.5. The number of benzene rings is 1. The third kappa shape index (κ3) is 4.77. The van der Waals surface area contributed by atoms with Crippen LogP contribution in [0.4, 0.5) is 0 Å². The fourth-order valence-electron chi connectivity index (χ4n) is 4.75. The molecule has 2 fully saturated rings. The molecule has 0 spiro atoms. The molecule has 1 atom stereocenters. The van der Waals surface area contributed by atoms with Gasteiger partial charge in [0.25, 0.3) is 11.8 Å². The van der Waals surface area contributed by atoms with Crippen LogP contribution in [0.3, 0.4) is 0 Å².